The Balaban J connectivity index is 1.83. The molecular weight excluding hydrogens is 342 g/mol. The minimum absolute atomic E-state index is 0.109. The minimum atomic E-state index is -0.109. The van der Waals surface area contributed by atoms with Crippen molar-refractivity contribution in [3.8, 4) is 0 Å². The van der Waals surface area contributed by atoms with Gasteiger partial charge in [-0.2, -0.15) is 5.10 Å². The SMILES string of the molecule is CCn1nc(CNC(=O)c2ccccc2Br)c2ccccc21. The van der Waals surface area contributed by atoms with E-state index in [2.05, 4.69) is 33.3 Å². The third-order valence-corrected chi connectivity index (χ3v) is 4.26. The molecule has 2 aromatic carbocycles. The van der Waals surface area contributed by atoms with Crippen LogP contribution in [0, 0.1) is 0 Å². The highest BCUT2D eigenvalue weighted by Crippen LogP contribution is 2.19. The van der Waals surface area contributed by atoms with E-state index in [0.717, 1.165) is 27.6 Å². The van der Waals surface area contributed by atoms with Gasteiger partial charge in [0, 0.05) is 16.4 Å². The van der Waals surface area contributed by atoms with Crippen LogP contribution in [0.25, 0.3) is 10.9 Å². The van der Waals surface area contributed by atoms with Crippen LogP contribution in [-0.4, -0.2) is 15.7 Å². The first-order valence-corrected chi connectivity index (χ1v) is 7.97. The maximum absolute atomic E-state index is 12.3. The van der Waals surface area contributed by atoms with Crippen LogP contribution in [0.3, 0.4) is 0 Å². The average Bonchev–Trinajstić information content (AvgIpc) is 2.91. The van der Waals surface area contributed by atoms with Crippen molar-refractivity contribution < 1.29 is 4.79 Å². The lowest BCUT2D eigenvalue weighted by Gasteiger charge is -2.05. The molecule has 0 atom stereocenters. The van der Waals surface area contributed by atoms with Gasteiger partial charge < -0.3 is 5.32 Å². The third-order valence-electron chi connectivity index (χ3n) is 3.57. The molecule has 0 unspecified atom stereocenters. The van der Waals surface area contributed by atoms with E-state index in [1.54, 1.807) is 6.07 Å². The van der Waals surface area contributed by atoms with E-state index in [1.165, 1.54) is 0 Å². The van der Waals surface area contributed by atoms with Crippen molar-refractivity contribution in [2.45, 2.75) is 20.0 Å². The van der Waals surface area contributed by atoms with Gasteiger partial charge >= 0.3 is 0 Å². The summed E-state index contributed by atoms with van der Waals surface area (Å²) in [4.78, 5) is 12.3. The molecule has 1 N–H and O–H groups in total. The normalized spacial score (nSPS) is 10.8. The summed E-state index contributed by atoms with van der Waals surface area (Å²) in [7, 11) is 0. The van der Waals surface area contributed by atoms with Crippen molar-refractivity contribution in [3.05, 3.63) is 64.3 Å². The first-order valence-electron chi connectivity index (χ1n) is 7.18. The van der Waals surface area contributed by atoms with Crippen molar-refractivity contribution in [3.63, 3.8) is 0 Å². The van der Waals surface area contributed by atoms with Gasteiger partial charge in [-0.3, -0.25) is 9.48 Å². The zero-order valence-electron chi connectivity index (χ0n) is 12.2. The molecule has 0 radical (unpaired) electrons. The topological polar surface area (TPSA) is 46.9 Å². The van der Waals surface area contributed by atoms with Gasteiger partial charge in [0.15, 0.2) is 0 Å². The molecule has 0 saturated carbocycles. The quantitative estimate of drug-likeness (QED) is 0.772. The molecule has 3 rings (SSSR count). The number of aromatic nitrogens is 2. The summed E-state index contributed by atoms with van der Waals surface area (Å²) in [6.45, 7) is 3.27. The molecule has 5 heteroatoms. The fourth-order valence-corrected chi connectivity index (χ4v) is 2.94. The predicted molar refractivity (Wildman–Crippen MR) is 90.7 cm³/mol. The molecule has 0 aliphatic rings. The number of amides is 1. The summed E-state index contributed by atoms with van der Waals surface area (Å²) < 4.78 is 2.74. The number of benzene rings is 2. The number of nitrogens with one attached hydrogen (secondary N) is 1. The zero-order chi connectivity index (χ0) is 15.5. The maximum atomic E-state index is 12.3. The lowest BCUT2D eigenvalue weighted by Crippen LogP contribution is -2.23. The van der Waals surface area contributed by atoms with E-state index in [9.17, 15) is 4.79 Å². The molecular formula is C17H16BrN3O. The fourth-order valence-electron chi connectivity index (χ4n) is 2.47. The van der Waals surface area contributed by atoms with Gasteiger partial charge in [-0.15, -0.1) is 0 Å². The van der Waals surface area contributed by atoms with Crippen molar-refractivity contribution in [1.82, 2.24) is 15.1 Å². The highest BCUT2D eigenvalue weighted by molar-refractivity contribution is 9.10. The fraction of sp³-hybridized carbons (Fsp3) is 0.176. The van der Waals surface area contributed by atoms with Crippen LogP contribution in [0.5, 0.6) is 0 Å². The Morgan fingerprint density at radius 1 is 1.18 bits per heavy atom. The van der Waals surface area contributed by atoms with E-state index < -0.39 is 0 Å². The molecule has 1 aromatic heterocycles. The largest absolute Gasteiger partial charge is 0.346 e. The summed E-state index contributed by atoms with van der Waals surface area (Å²) >= 11 is 3.40. The summed E-state index contributed by atoms with van der Waals surface area (Å²) in [5.74, 6) is -0.109. The number of aryl methyl sites for hydroxylation is 1. The summed E-state index contributed by atoms with van der Waals surface area (Å²) in [6, 6.07) is 15.5. The van der Waals surface area contributed by atoms with E-state index in [1.807, 2.05) is 47.1 Å². The second-order valence-electron chi connectivity index (χ2n) is 4.94. The number of hydrogen-bond donors (Lipinski definition) is 1. The molecule has 3 aromatic rings. The molecule has 22 heavy (non-hydrogen) atoms. The molecule has 4 nitrogen and oxygen atoms in total. The van der Waals surface area contributed by atoms with E-state index >= 15 is 0 Å². The number of carbonyl (C=O) groups is 1. The molecule has 0 fully saturated rings. The number of hydrogen-bond acceptors (Lipinski definition) is 2. The standard InChI is InChI=1S/C17H16BrN3O/c1-2-21-16-10-6-4-8-13(16)15(20-21)11-19-17(22)12-7-3-5-9-14(12)18/h3-10H,2,11H2,1H3,(H,19,22). The molecule has 1 heterocycles. The van der Waals surface area contributed by atoms with E-state index in [0.29, 0.717) is 12.1 Å². The Labute approximate surface area is 137 Å². The molecule has 0 spiro atoms. The minimum Gasteiger partial charge on any atom is -0.346 e. The van der Waals surface area contributed by atoms with Crippen molar-refractivity contribution >= 4 is 32.7 Å². The number of nitrogens with zero attached hydrogens (tertiary/aromatic N) is 2. The van der Waals surface area contributed by atoms with Crippen LogP contribution in [0.2, 0.25) is 0 Å². The number of halogens is 1. The van der Waals surface area contributed by atoms with Crippen LogP contribution in [-0.2, 0) is 13.1 Å². The first kappa shape index (κ1) is 14.8. The van der Waals surface area contributed by atoms with Gasteiger partial charge in [0.05, 0.1) is 23.3 Å². The van der Waals surface area contributed by atoms with Crippen LogP contribution in [0.1, 0.15) is 23.0 Å². The highest BCUT2D eigenvalue weighted by Gasteiger charge is 2.12. The second kappa shape index (κ2) is 6.32. The molecule has 0 aliphatic heterocycles. The van der Waals surface area contributed by atoms with Gasteiger partial charge in [-0.05, 0) is 41.1 Å². The monoisotopic (exact) mass is 357 g/mol. The molecule has 112 valence electrons. The lowest BCUT2D eigenvalue weighted by atomic mass is 10.2. The Kier molecular flexibility index (Phi) is 4.24. The van der Waals surface area contributed by atoms with Crippen molar-refractivity contribution in [2.24, 2.45) is 0 Å². The van der Waals surface area contributed by atoms with Gasteiger partial charge in [0.25, 0.3) is 5.91 Å². The first-order chi connectivity index (χ1) is 10.7. The smallest absolute Gasteiger partial charge is 0.252 e. The number of para-hydroxylation sites is 1. The van der Waals surface area contributed by atoms with Gasteiger partial charge in [0.1, 0.15) is 0 Å². The van der Waals surface area contributed by atoms with E-state index in [4.69, 9.17) is 0 Å². The Bertz CT molecular complexity index is 826. The van der Waals surface area contributed by atoms with Crippen LogP contribution >= 0.6 is 15.9 Å². The Morgan fingerprint density at radius 3 is 2.68 bits per heavy atom. The summed E-state index contributed by atoms with van der Waals surface area (Å²) in [5.41, 5.74) is 2.61. The predicted octanol–water partition coefficient (Wildman–Crippen LogP) is 3.75. The van der Waals surface area contributed by atoms with Crippen molar-refractivity contribution in [2.75, 3.05) is 0 Å². The van der Waals surface area contributed by atoms with Crippen LogP contribution in [0.15, 0.2) is 53.0 Å². The third kappa shape index (κ3) is 2.76. The molecule has 0 aliphatic carbocycles. The zero-order valence-corrected chi connectivity index (χ0v) is 13.8. The van der Waals surface area contributed by atoms with Crippen LogP contribution in [0.4, 0.5) is 0 Å². The lowest BCUT2D eigenvalue weighted by molar-refractivity contribution is 0.0949. The number of fused-ring (bicyclic) bond motifs is 1. The van der Waals surface area contributed by atoms with Crippen LogP contribution < -0.4 is 5.32 Å². The Hall–Kier alpha value is -2.14. The van der Waals surface area contributed by atoms with E-state index in [-0.39, 0.29) is 5.91 Å². The summed E-state index contributed by atoms with van der Waals surface area (Å²) in [6.07, 6.45) is 0. The molecule has 0 saturated heterocycles. The van der Waals surface area contributed by atoms with Gasteiger partial charge in [-0.25, -0.2) is 0 Å². The second-order valence-corrected chi connectivity index (χ2v) is 5.80. The van der Waals surface area contributed by atoms with Gasteiger partial charge in [-0.1, -0.05) is 30.3 Å². The highest BCUT2D eigenvalue weighted by atomic mass is 79.9. The number of rotatable bonds is 4. The average molecular weight is 358 g/mol. The Morgan fingerprint density at radius 2 is 1.91 bits per heavy atom. The molecule has 0 bridgehead atoms. The van der Waals surface area contributed by atoms with Crippen molar-refractivity contribution in [1.29, 1.82) is 0 Å². The van der Waals surface area contributed by atoms with Gasteiger partial charge in [0.2, 0.25) is 0 Å². The summed E-state index contributed by atoms with van der Waals surface area (Å²) in [5, 5.41) is 8.61. The molecule has 1 amide bonds. The maximum Gasteiger partial charge on any atom is 0.252 e. The number of carbonyl (C=O) groups excluding carboxylic acids is 1.